The molecule has 1 heterocycles. The van der Waals surface area contributed by atoms with Crippen LogP contribution in [0.15, 0.2) is 54.9 Å². The maximum atomic E-state index is 12.2. The molecule has 1 amide bonds. The maximum absolute atomic E-state index is 12.2. The molecule has 0 aliphatic carbocycles. The molecule has 3 aromatic rings. The van der Waals surface area contributed by atoms with Crippen LogP contribution in [0.25, 0.3) is 11.0 Å². The SMILES string of the molecule is CCN(CC)c1ccc(NC(=O)CCn2cnc3ccccc32)cc1. The molecule has 0 saturated heterocycles. The number of rotatable bonds is 7. The second-order valence-corrected chi connectivity index (χ2v) is 5.94. The van der Waals surface area contributed by atoms with Crippen LogP contribution in [0.1, 0.15) is 20.3 Å². The fourth-order valence-corrected chi connectivity index (χ4v) is 2.98. The predicted molar refractivity (Wildman–Crippen MR) is 103 cm³/mol. The molecule has 0 aliphatic rings. The van der Waals surface area contributed by atoms with Crippen molar-refractivity contribution in [1.82, 2.24) is 9.55 Å². The Hall–Kier alpha value is -2.82. The van der Waals surface area contributed by atoms with Gasteiger partial charge in [-0.2, -0.15) is 0 Å². The lowest BCUT2D eigenvalue weighted by molar-refractivity contribution is -0.116. The van der Waals surface area contributed by atoms with Crippen molar-refractivity contribution in [3.8, 4) is 0 Å². The standard InChI is InChI=1S/C20H24N4O/c1-3-23(4-2)17-11-9-16(10-12-17)22-20(25)13-14-24-15-21-18-7-5-6-8-19(18)24/h5-12,15H,3-4,13-14H2,1-2H3,(H,22,25). The van der Waals surface area contributed by atoms with Crippen LogP contribution in [-0.2, 0) is 11.3 Å². The zero-order valence-corrected chi connectivity index (χ0v) is 14.8. The van der Waals surface area contributed by atoms with E-state index in [1.165, 1.54) is 5.69 Å². The van der Waals surface area contributed by atoms with E-state index in [1.54, 1.807) is 6.33 Å². The zero-order valence-electron chi connectivity index (χ0n) is 14.8. The molecule has 0 bridgehead atoms. The lowest BCUT2D eigenvalue weighted by Crippen LogP contribution is -2.21. The van der Waals surface area contributed by atoms with Crippen molar-refractivity contribution in [2.45, 2.75) is 26.8 Å². The van der Waals surface area contributed by atoms with Crippen molar-refractivity contribution in [3.05, 3.63) is 54.9 Å². The Morgan fingerprint density at radius 3 is 2.52 bits per heavy atom. The number of imidazole rings is 1. The number of fused-ring (bicyclic) bond motifs is 1. The van der Waals surface area contributed by atoms with E-state index in [2.05, 4.69) is 29.0 Å². The second-order valence-electron chi connectivity index (χ2n) is 5.94. The summed E-state index contributed by atoms with van der Waals surface area (Å²) in [7, 11) is 0. The van der Waals surface area contributed by atoms with Gasteiger partial charge in [0, 0.05) is 37.4 Å². The van der Waals surface area contributed by atoms with Crippen LogP contribution in [0.5, 0.6) is 0 Å². The van der Waals surface area contributed by atoms with Gasteiger partial charge in [0.1, 0.15) is 0 Å². The molecule has 5 nitrogen and oxygen atoms in total. The summed E-state index contributed by atoms with van der Waals surface area (Å²) in [6, 6.07) is 16.0. The molecular weight excluding hydrogens is 312 g/mol. The Labute approximate surface area is 148 Å². The Morgan fingerprint density at radius 1 is 1.08 bits per heavy atom. The molecule has 0 radical (unpaired) electrons. The van der Waals surface area contributed by atoms with Gasteiger partial charge in [0.15, 0.2) is 0 Å². The number of carbonyl (C=O) groups is 1. The molecule has 0 spiro atoms. The Balaban J connectivity index is 1.57. The normalized spacial score (nSPS) is 10.8. The van der Waals surface area contributed by atoms with Gasteiger partial charge in [0.05, 0.1) is 17.4 Å². The van der Waals surface area contributed by atoms with E-state index in [1.807, 2.05) is 53.1 Å². The van der Waals surface area contributed by atoms with Gasteiger partial charge in [0.25, 0.3) is 0 Å². The molecule has 2 aromatic carbocycles. The van der Waals surface area contributed by atoms with E-state index >= 15 is 0 Å². The molecule has 0 aliphatic heterocycles. The molecule has 25 heavy (non-hydrogen) atoms. The molecule has 1 aromatic heterocycles. The van der Waals surface area contributed by atoms with E-state index < -0.39 is 0 Å². The maximum Gasteiger partial charge on any atom is 0.226 e. The van der Waals surface area contributed by atoms with E-state index in [0.29, 0.717) is 13.0 Å². The molecule has 5 heteroatoms. The fraction of sp³-hybridized carbons (Fsp3) is 0.300. The Kier molecular flexibility index (Phi) is 5.33. The first-order valence-electron chi connectivity index (χ1n) is 8.76. The Morgan fingerprint density at radius 2 is 1.80 bits per heavy atom. The van der Waals surface area contributed by atoms with Gasteiger partial charge >= 0.3 is 0 Å². The number of hydrogen-bond donors (Lipinski definition) is 1. The quantitative estimate of drug-likeness (QED) is 0.711. The number of carbonyl (C=O) groups excluding carboxylic acids is 1. The molecule has 130 valence electrons. The Bertz CT molecular complexity index is 834. The topological polar surface area (TPSA) is 50.2 Å². The van der Waals surface area contributed by atoms with Crippen molar-refractivity contribution < 1.29 is 4.79 Å². The highest BCUT2D eigenvalue weighted by molar-refractivity contribution is 5.91. The van der Waals surface area contributed by atoms with Crippen LogP contribution in [0.4, 0.5) is 11.4 Å². The minimum atomic E-state index is 0.00775. The fourth-order valence-electron chi connectivity index (χ4n) is 2.98. The average molecular weight is 336 g/mol. The lowest BCUT2D eigenvalue weighted by atomic mass is 10.2. The van der Waals surface area contributed by atoms with E-state index in [-0.39, 0.29) is 5.91 Å². The van der Waals surface area contributed by atoms with Gasteiger partial charge in [-0.1, -0.05) is 12.1 Å². The van der Waals surface area contributed by atoms with Gasteiger partial charge in [0.2, 0.25) is 5.91 Å². The monoisotopic (exact) mass is 336 g/mol. The predicted octanol–water partition coefficient (Wildman–Crippen LogP) is 3.91. The number of benzene rings is 2. The highest BCUT2D eigenvalue weighted by Crippen LogP contribution is 2.18. The zero-order chi connectivity index (χ0) is 17.6. The molecule has 0 unspecified atom stereocenters. The molecule has 1 N–H and O–H groups in total. The van der Waals surface area contributed by atoms with Crippen molar-refractivity contribution >= 4 is 28.3 Å². The summed E-state index contributed by atoms with van der Waals surface area (Å²) in [5.41, 5.74) is 4.01. The summed E-state index contributed by atoms with van der Waals surface area (Å²) in [5, 5.41) is 2.96. The number of hydrogen-bond acceptors (Lipinski definition) is 3. The summed E-state index contributed by atoms with van der Waals surface area (Å²) in [5.74, 6) is 0.00775. The highest BCUT2D eigenvalue weighted by atomic mass is 16.1. The van der Waals surface area contributed by atoms with Gasteiger partial charge < -0.3 is 14.8 Å². The summed E-state index contributed by atoms with van der Waals surface area (Å²) >= 11 is 0. The van der Waals surface area contributed by atoms with Crippen LogP contribution in [0.3, 0.4) is 0 Å². The molecule has 0 saturated carbocycles. The first-order valence-corrected chi connectivity index (χ1v) is 8.76. The van der Waals surface area contributed by atoms with Crippen LogP contribution in [-0.4, -0.2) is 28.5 Å². The van der Waals surface area contributed by atoms with E-state index in [9.17, 15) is 4.79 Å². The van der Waals surface area contributed by atoms with Crippen LogP contribution >= 0.6 is 0 Å². The van der Waals surface area contributed by atoms with Gasteiger partial charge in [-0.3, -0.25) is 4.79 Å². The number of nitrogens with zero attached hydrogens (tertiary/aromatic N) is 3. The molecule has 0 atom stereocenters. The third kappa shape index (κ3) is 3.99. The highest BCUT2D eigenvalue weighted by Gasteiger charge is 2.07. The van der Waals surface area contributed by atoms with Crippen molar-refractivity contribution in [2.75, 3.05) is 23.3 Å². The third-order valence-corrected chi connectivity index (χ3v) is 4.39. The first-order chi connectivity index (χ1) is 12.2. The summed E-state index contributed by atoms with van der Waals surface area (Å²) in [6.45, 7) is 6.84. The summed E-state index contributed by atoms with van der Waals surface area (Å²) in [4.78, 5) is 18.8. The van der Waals surface area contributed by atoms with Crippen LogP contribution in [0, 0.1) is 0 Å². The van der Waals surface area contributed by atoms with Gasteiger partial charge in [-0.25, -0.2) is 4.98 Å². The van der Waals surface area contributed by atoms with Crippen LogP contribution in [0.2, 0.25) is 0 Å². The number of aromatic nitrogens is 2. The third-order valence-electron chi connectivity index (χ3n) is 4.39. The lowest BCUT2D eigenvalue weighted by Gasteiger charge is -2.21. The van der Waals surface area contributed by atoms with Gasteiger partial charge in [-0.15, -0.1) is 0 Å². The molecular formula is C20H24N4O. The minimum absolute atomic E-state index is 0.00775. The van der Waals surface area contributed by atoms with Crippen LogP contribution < -0.4 is 10.2 Å². The number of amides is 1. The van der Waals surface area contributed by atoms with E-state index in [0.717, 1.165) is 29.8 Å². The molecule has 0 fully saturated rings. The number of nitrogens with one attached hydrogen (secondary N) is 1. The van der Waals surface area contributed by atoms with Crippen molar-refractivity contribution in [2.24, 2.45) is 0 Å². The smallest absolute Gasteiger partial charge is 0.226 e. The number of anilines is 2. The van der Waals surface area contributed by atoms with E-state index in [4.69, 9.17) is 0 Å². The van der Waals surface area contributed by atoms with Crippen molar-refractivity contribution in [1.29, 1.82) is 0 Å². The summed E-state index contributed by atoms with van der Waals surface area (Å²) < 4.78 is 2.01. The minimum Gasteiger partial charge on any atom is -0.372 e. The largest absolute Gasteiger partial charge is 0.372 e. The molecule has 3 rings (SSSR count). The average Bonchev–Trinajstić information content (AvgIpc) is 3.06. The summed E-state index contributed by atoms with van der Waals surface area (Å²) in [6.07, 6.45) is 2.20. The number of aryl methyl sites for hydroxylation is 1. The number of para-hydroxylation sites is 2. The van der Waals surface area contributed by atoms with Gasteiger partial charge in [-0.05, 0) is 50.2 Å². The second kappa shape index (κ2) is 7.83. The first kappa shape index (κ1) is 17.0. The van der Waals surface area contributed by atoms with Crippen molar-refractivity contribution in [3.63, 3.8) is 0 Å².